The summed E-state index contributed by atoms with van der Waals surface area (Å²) in [6, 6.07) is 0. The Morgan fingerprint density at radius 3 is 3.00 bits per heavy atom. The number of fused-ring (bicyclic) bond motifs is 1. The number of rotatable bonds is 2. The SMILES string of the molecule is Nc1nc2c(ncn2[C@@H]2S[C@H](CO)[C@H](O)[C@H]2F)c(=O)[nH]1. The van der Waals surface area contributed by atoms with E-state index in [1.54, 1.807) is 0 Å². The first-order valence-corrected chi connectivity index (χ1v) is 6.78. The summed E-state index contributed by atoms with van der Waals surface area (Å²) in [7, 11) is 0. The van der Waals surface area contributed by atoms with Gasteiger partial charge in [-0.1, -0.05) is 0 Å². The second-order valence-corrected chi connectivity index (χ2v) is 5.82. The zero-order valence-corrected chi connectivity index (χ0v) is 10.9. The molecule has 1 aliphatic rings. The number of hydrogen-bond acceptors (Lipinski definition) is 7. The molecule has 0 spiro atoms. The zero-order valence-electron chi connectivity index (χ0n) is 10.1. The van der Waals surface area contributed by atoms with Gasteiger partial charge in [0.25, 0.3) is 5.56 Å². The summed E-state index contributed by atoms with van der Waals surface area (Å²) in [4.78, 5) is 21.8. The minimum atomic E-state index is -1.60. The molecule has 0 saturated carbocycles. The molecule has 2 aromatic heterocycles. The van der Waals surface area contributed by atoms with Crippen LogP contribution in [-0.4, -0.2) is 53.9 Å². The maximum Gasteiger partial charge on any atom is 0.280 e. The summed E-state index contributed by atoms with van der Waals surface area (Å²) in [5.41, 5.74) is 5.16. The Balaban J connectivity index is 2.09. The lowest BCUT2D eigenvalue weighted by atomic mass is 10.1. The number of H-pyrrole nitrogens is 1. The van der Waals surface area contributed by atoms with Crippen LogP contribution in [0.15, 0.2) is 11.1 Å². The number of nitrogen functional groups attached to an aromatic ring is 1. The van der Waals surface area contributed by atoms with Crippen LogP contribution in [-0.2, 0) is 0 Å². The number of alkyl halides is 1. The number of aliphatic hydroxyl groups excluding tert-OH is 2. The normalized spacial score (nSPS) is 30.1. The first-order chi connectivity index (χ1) is 9.52. The second kappa shape index (κ2) is 4.72. The Kier molecular flexibility index (Phi) is 3.15. The molecular formula is C10H12FN5O3S. The monoisotopic (exact) mass is 301 g/mol. The van der Waals surface area contributed by atoms with E-state index in [2.05, 4.69) is 15.0 Å². The van der Waals surface area contributed by atoms with Crippen molar-refractivity contribution >= 4 is 28.9 Å². The van der Waals surface area contributed by atoms with E-state index >= 15 is 0 Å². The molecule has 1 saturated heterocycles. The molecule has 2 aromatic rings. The van der Waals surface area contributed by atoms with Crippen LogP contribution in [0.4, 0.5) is 10.3 Å². The molecule has 0 unspecified atom stereocenters. The third-order valence-electron chi connectivity index (χ3n) is 3.20. The summed E-state index contributed by atoms with van der Waals surface area (Å²) in [5, 5.41) is 17.4. The Bertz CT molecular complexity index is 704. The first-order valence-electron chi connectivity index (χ1n) is 5.83. The van der Waals surface area contributed by atoms with Gasteiger partial charge in [0.1, 0.15) is 11.5 Å². The third kappa shape index (κ3) is 1.87. The van der Waals surface area contributed by atoms with Gasteiger partial charge in [-0.25, -0.2) is 9.37 Å². The maximum atomic E-state index is 14.1. The highest BCUT2D eigenvalue weighted by Gasteiger charge is 2.45. The second-order valence-electron chi connectivity index (χ2n) is 4.46. The fourth-order valence-electron chi connectivity index (χ4n) is 2.21. The van der Waals surface area contributed by atoms with Crippen molar-refractivity contribution in [1.29, 1.82) is 0 Å². The summed E-state index contributed by atoms with van der Waals surface area (Å²) in [6.45, 7) is -0.342. The molecule has 0 amide bonds. The van der Waals surface area contributed by atoms with Crippen LogP contribution in [0.2, 0.25) is 0 Å². The zero-order chi connectivity index (χ0) is 14.4. The molecule has 8 nitrogen and oxygen atoms in total. The van der Waals surface area contributed by atoms with Crippen molar-refractivity contribution in [3.63, 3.8) is 0 Å². The lowest BCUT2D eigenvalue weighted by Gasteiger charge is -2.14. The van der Waals surface area contributed by atoms with E-state index in [1.165, 1.54) is 10.9 Å². The summed E-state index contributed by atoms with van der Waals surface area (Å²) >= 11 is 1.07. The molecule has 0 radical (unpaired) electrons. The van der Waals surface area contributed by atoms with Crippen molar-refractivity contribution in [2.45, 2.75) is 22.9 Å². The van der Waals surface area contributed by atoms with Gasteiger partial charge in [0.2, 0.25) is 5.95 Å². The molecule has 0 bridgehead atoms. The molecule has 10 heteroatoms. The molecule has 20 heavy (non-hydrogen) atoms. The molecule has 1 aliphatic heterocycles. The molecule has 108 valence electrons. The lowest BCUT2D eigenvalue weighted by molar-refractivity contribution is 0.0642. The van der Waals surface area contributed by atoms with E-state index < -0.39 is 28.5 Å². The Labute approximate surface area is 115 Å². The predicted octanol–water partition coefficient (Wildman–Crippen LogP) is -0.993. The van der Waals surface area contributed by atoms with Gasteiger partial charge < -0.3 is 15.9 Å². The number of aromatic amines is 1. The molecule has 3 rings (SSSR count). The number of imidazole rings is 1. The van der Waals surface area contributed by atoms with Crippen LogP contribution in [0.25, 0.3) is 11.2 Å². The largest absolute Gasteiger partial charge is 0.395 e. The van der Waals surface area contributed by atoms with Crippen LogP contribution >= 0.6 is 11.8 Å². The number of nitrogens with two attached hydrogens (primary N) is 1. The van der Waals surface area contributed by atoms with Gasteiger partial charge >= 0.3 is 0 Å². The van der Waals surface area contributed by atoms with Crippen molar-refractivity contribution in [1.82, 2.24) is 19.5 Å². The standard InChI is InChI=1S/C10H12FN5O3S/c11-4-6(18)3(1-17)20-9(4)16-2-13-5-7(16)14-10(12)15-8(5)19/h2-4,6,9,17-18H,1H2,(H3,12,14,15,19)/t3-,4-,6+,9-/m1/s1. The van der Waals surface area contributed by atoms with Crippen molar-refractivity contribution in [3.05, 3.63) is 16.7 Å². The third-order valence-corrected chi connectivity index (χ3v) is 4.74. The van der Waals surface area contributed by atoms with Gasteiger partial charge in [-0.2, -0.15) is 4.98 Å². The molecular weight excluding hydrogens is 289 g/mol. The number of anilines is 1. The average molecular weight is 301 g/mol. The minimum Gasteiger partial charge on any atom is -0.395 e. The van der Waals surface area contributed by atoms with E-state index in [9.17, 15) is 14.3 Å². The molecule has 5 N–H and O–H groups in total. The van der Waals surface area contributed by atoms with E-state index in [4.69, 9.17) is 10.8 Å². The molecule has 4 atom stereocenters. The number of nitrogens with zero attached hydrogens (tertiary/aromatic N) is 3. The highest BCUT2D eigenvalue weighted by Crippen LogP contribution is 2.44. The molecule has 0 aromatic carbocycles. The molecule has 3 heterocycles. The van der Waals surface area contributed by atoms with Crippen molar-refractivity contribution < 1.29 is 14.6 Å². The van der Waals surface area contributed by atoms with Gasteiger partial charge in [-0.3, -0.25) is 14.3 Å². The Hall–Kier alpha value is -1.65. The number of thioether (sulfide) groups is 1. The van der Waals surface area contributed by atoms with E-state index in [0.717, 1.165) is 11.8 Å². The smallest absolute Gasteiger partial charge is 0.280 e. The maximum absolute atomic E-state index is 14.1. The van der Waals surface area contributed by atoms with Crippen molar-refractivity contribution in [2.24, 2.45) is 0 Å². The summed E-state index contributed by atoms with van der Waals surface area (Å²) in [6.07, 6.45) is -1.60. The van der Waals surface area contributed by atoms with Crippen molar-refractivity contribution in [2.75, 3.05) is 12.3 Å². The highest BCUT2D eigenvalue weighted by molar-refractivity contribution is 8.00. The summed E-state index contributed by atoms with van der Waals surface area (Å²) < 4.78 is 15.5. The quantitative estimate of drug-likeness (QED) is 0.560. The fourth-order valence-corrected chi connectivity index (χ4v) is 3.56. The predicted molar refractivity (Wildman–Crippen MR) is 71.0 cm³/mol. The van der Waals surface area contributed by atoms with Gasteiger partial charge in [0, 0.05) is 0 Å². The van der Waals surface area contributed by atoms with E-state index in [1.807, 2.05) is 0 Å². The summed E-state index contributed by atoms with van der Waals surface area (Å²) in [5.74, 6) is -0.0955. The number of halogens is 1. The number of hydrogen-bond donors (Lipinski definition) is 4. The Morgan fingerprint density at radius 1 is 1.60 bits per heavy atom. The highest BCUT2D eigenvalue weighted by atomic mass is 32.2. The van der Waals surface area contributed by atoms with Crippen LogP contribution < -0.4 is 11.3 Å². The topological polar surface area (TPSA) is 130 Å². The van der Waals surface area contributed by atoms with Crippen LogP contribution in [0.3, 0.4) is 0 Å². The van der Waals surface area contributed by atoms with E-state index in [-0.39, 0.29) is 23.7 Å². The first kappa shape index (κ1) is 13.3. The number of aromatic nitrogens is 4. The van der Waals surface area contributed by atoms with Crippen LogP contribution in [0.1, 0.15) is 5.37 Å². The lowest BCUT2D eigenvalue weighted by Crippen LogP contribution is -2.30. The minimum absolute atomic E-state index is 0.0499. The van der Waals surface area contributed by atoms with Gasteiger partial charge in [0.15, 0.2) is 17.3 Å². The van der Waals surface area contributed by atoms with Gasteiger partial charge in [-0.15, -0.1) is 11.8 Å². The number of aliphatic hydroxyl groups is 2. The van der Waals surface area contributed by atoms with Crippen molar-refractivity contribution in [3.8, 4) is 0 Å². The van der Waals surface area contributed by atoms with E-state index in [0.29, 0.717) is 0 Å². The van der Waals surface area contributed by atoms with Crippen LogP contribution in [0, 0.1) is 0 Å². The fraction of sp³-hybridized carbons (Fsp3) is 0.500. The molecule has 0 aliphatic carbocycles. The molecule has 1 fully saturated rings. The average Bonchev–Trinajstić information content (AvgIpc) is 2.93. The number of nitrogens with one attached hydrogen (secondary N) is 1. The van der Waals surface area contributed by atoms with Crippen LogP contribution in [0.5, 0.6) is 0 Å². The van der Waals surface area contributed by atoms with Gasteiger partial charge in [-0.05, 0) is 0 Å². The van der Waals surface area contributed by atoms with Gasteiger partial charge in [0.05, 0.1) is 18.2 Å². The Morgan fingerprint density at radius 2 is 2.35 bits per heavy atom.